The Balaban J connectivity index is 1.49. The standard InChI is InChI=1S/C41H26F6N2O2/c1-48(32-22-21-27(25-11-4-2-5-12-25)23-29(32)26-13-6-3-7-14-26)39(51)36-28(24-50)15-8-18-33(36)49-34-19-9-16-30(40(42,43)44)37(34)38-31(41(45,46)47)17-10-20-35(38)49/h2-24H,1H3. The minimum absolute atomic E-state index is 0.0581. The van der Waals surface area contributed by atoms with Gasteiger partial charge in [0.2, 0.25) is 0 Å². The van der Waals surface area contributed by atoms with Crippen molar-refractivity contribution in [2.75, 3.05) is 11.9 Å². The average molecular weight is 693 g/mol. The van der Waals surface area contributed by atoms with E-state index in [0.29, 0.717) is 17.5 Å². The fraction of sp³-hybridized carbons (Fsp3) is 0.0732. The van der Waals surface area contributed by atoms with Crippen molar-refractivity contribution < 1.29 is 35.9 Å². The number of hydrogen-bond acceptors (Lipinski definition) is 2. The third-order valence-corrected chi connectivity index (χ3v) is 8.94. The predicted octanol–water partition coefficient (Wildman–Crippen LogP) is 11.2. The molecule has 0 N–H and O–H groups in total. The number of carbonyl (C=O) groups is 2. The lowest BCUT2D eigenvalue weighted by atomic mass is 9.96. The van der Waals surface area contributed by atoms with E-state index in [0.717, 1.165) is 41.0 Å². The summed E-state index contributed by atoms with van der Waals surface area (Å²) in [4.78, 5) is 28.6. The van der Waals surface area contributed by atoms with Crippen LogP contribution in [-0.2, 0) is 12.4 Å². The zero-order valence-corrected chi connectivity index (χ0v) is 26.8. The van der Waals surface area contributed by atoms with E-state index in [1.165, 1.54) is 46.8 Å². The smallest absolute Gasteiger partial charge is 0.311 e. The van der Waals surface area contributed by atoms with E-state index in [2.05, 4.69) is 0 Å². The molecular formula is C41H26F6N2O2. The SMILES string of the molecule is CN(C(=O)c1c(C=O)cccc1-n1c2cccc(C(F)(F)F)c2c2c(C(F)(F)F)cccc21)c1ccc(-c2ccccc2)cc1-c1ccccc1. The van der Waals surface area contributed by atoms with Gasteiger partial charge in [-0.2, -0.15) is 26.3 Å². The Hall–Kier alpha value is -6.16. The first-order valence-corrected chi connectivity index (χ1v) is 15.7. The van der Waals surface area contributed by atoms with Crippen LogP contribution in [0.25, 0.3) is 49.7 Å². The lowest BCUT2D eigenvalue weighted by Crippen LogP contribution is -2.29. The van der Waals surface area contributed by atoms with E-state index < -0.39 is 40.2 Å². The number of fused-ring (bicyclic) bond motifs is 3. The first-order chi connectivity index (χ1) is 24.4. The van der Waals surface area contributed by atoms with Crippen LogP contribution in [0.1, 0.15) is 31.8 Å². The zero-order valence-electron chi connectivity index (χ0n) is 26.8. The van der Waals surface area contributed by atoms with Crippen molar-refractivity contribution in [3.8, 4) is 27.9 Å². The fourth-order valence-electron chi connectivity index (χ4n) is 6.68. The van der Waals surface area contributed by atoms with Crippen molar-refractivity contribution in [1.29, 1.82) is 0 Å². The minimum atomic E-state index is -5.00. The topological polar surface area (TPSA) is 42.3 Å². The number of aldehydes is 1. The van der Waals surface area contributed by atoms with Gasteiger partial charge in [0.1, 0.15) is 0 Å². The molecule has 10 heteroatoms. The Morgan fingerprint density at radius 3 is 1.67 bits per heavy atom. The molecule has 0 saturated carbocycles. The summed E-state index contributed by atoms with van der Waals surface area (Å²) in [5.41, 5.74) is 0.430. The number of hydrogen-bond donors (Lipinski definition) is 0. The van der Waals surface area contributed by atoms with Crippen LogP contribution < -0.4 is 4.90 Å². The second kappa shape index (κ2) is 12.6. The van der Waals surface area contributed by atoms with Gasteiger partial charge in [-0.1, -0.05) is 91.0 Å². The van der Waals surface area contributed by atoms with Crippen molar-refractivity contribution in [3.63, 3.8) is 0 Å². The highest BCUT2D eigenvalue weighted by Crippen LogP contribution is 2.46. The van der Waals surface area contributed by atoms with Crippen LogP contribution in [0, 0.1) is 0 Å². The minimum Gasteiger partial charge on any atom is -0.311 e. The molecule has 0 unspecified atom stereocenters. The summed E-state index contributed by atoms with van der Waals surface area (Å²) in [6.07, 6.45) is -9.56. The average Bonchev–Trinajstić information content (AvgIpc) is 3.48. The quantitative estimate of drug-likeness (QED) is 0.129. The number of anilines is 1. The molecule has 0 atom stereocenters. The summed E-state index contributed by atoms with van der Waals surface area (Å²) in [6, 6.07) is 34.9. The maximum atomic E-state index is 14.7. The molecule has 7 rings (SSSR count). The number of benzene rings is 6. The van der Waals surface area contributed by atoms with Gasteiger partial charge in [0.05, 0.1) is 39.1 Å². The highest BCUT2D eigenvalue weighted by atomic mass is 19.4. The second-order valence-electron chi connectivity index (χ2n) is 11.9. The van der Waals surface area contributed by atoms with E-state index in [9.17, 15) is 35.9 Å². The Labute approximate surface area is 287 Å². The molecule has 51 heavy (non-hydrogen) atoms. The third-order valence-electron chi connectivity index (χ3n) is 8.94. The molecule has 0 fully saturated rings. The first-order valence-electron chi connectivity index (χ1n) is 15.7. The molecule has 0 bridgehead atoms. The van der Waals surface area contributed by atoms with Crippen LogP contribution >= 0.6 is 0 Å². The highest BCUT2D eigenvalue weighted by Gasteiger charge is 2.39. The van der Waals surface area contributed by atoms with Gasteiger partial charge in [-0.25, -0.2) is 0 Å². The number of halogens is 6. The lowest BCUT2D eigenvalue weighted by Gasteiger charge is -2.24. The molecule has 0 spiro atoms. The van der Waals surface area contributed by atoms with Crippen molar-refractivity contribution in [2.45, 2.75) is 12.4 Å². The van der Waals surface area contributed by atoms with Crippen LogP contribution in [0.4, 0.5) is 32.0 Å². The molecule has 0 aliphatic carbocycles. The first kappa shape index (κ1) is 33.3. The van der Waals surface area contributed by atoms with Gasteiger partial charge in [0.25, 0.3) is 5.91 Å². The van der Waals surface area contributed by atoms with Gasteiger partial charge in [0, 0.05) is 28.9 Å². The summed E-state index contributed by atoms with van der Waals surface area (Å²) < 4.78 is 87.7. The van der Waals surface area contributed by atoms with Gasteiger partial charge in [-0.05, 0) is 59.2 Å². The van der Waals surface area contributed by atoms with Gasteiger partial charge in [-0.3, -0.25) is 9.59 Å². The molecule has 254 valence electrons. The molecule has 0 radical (unpaired) electrons. The molecule has 4 nitrogen and oxygen atoms in total. The molecule has 0 aliphatic heterocycles. The number of aromatic nitrogens is 1. The molecule has 0 aliphatic rings. The van der Waals surface area contributed by atoms with E-state index >= 15 is 0 Å². The molecule has 0 saturated heterocycles. The van der Waals surface area contributed by atoms with Crippen molar-refractivity contribution >= 4 is 39.7 Å². The van der Waals surface area contributed by atoms with Crippen molar-refractivity contribution in [3.05, 3.63) is 156 Å². The fourth-order valence-corrected chi connectivity index (χ4v) is 6.68. The predicted molar refractivity (Wildman–Crippen MR) is 186 cm³/mol. The Morgan fingerprint density at radius 2 is 1.14 bits per heavy atom. The molecule has 1 heterocycles. The molecule has 1 amide bonds. The Bertz CT molecular complexity index is 2380. The molecule has 7 aromatic rings. The summed E-state index contributed by atoms with van der Waals surface area (Å²) >= 11 is 0. The van der Waals surface area contributed by atoms with Crippen LogP contribution in [0.3, 0.4) is 0 Å². The second-order valence-corrected chi connectivity index (χ2v) is 11.9. The number of alkyl halides is 6. The molecule has 6 aromatic carbocycles. The molecule has 1 aromatic heterocycles. The number of nitrogens with zero attached hydrogens (tertiary/aromatic N) is 2. The van der Waals surface area contributed by atoms with Crippen molar-refractivity contribution in [2.24, 2.45) is 0 Å². The number of amides is 1. The van der Waals surface area contributed by atoms with Gasteiger partial charge in [0.15, 0.2) is 6.29 Å². The van der Waals surface area contributed by atoms with E-state index in [1.54, 1.807) is 6.07 Å². The van der Waals surface area contributed by atoms with Crippen molar-refractivity contribution in [1.82, 2.24) is 4.57 Å². The highest BCUT2D eigenvalue weighted by molar-refractivity contribution is 6.17. The normalized spacial score (nSPS) is 12.0. The largest absolute Gasteiger partial charge is 0.417 e. The van der Waals surface area contributed by atoms with Gasteiger partial charge >= 0.3 is 12.4 Å². The lowest BCUT2D eigenvalue weighted by molar-refractivity contribution is -0.138. The van der Waals surface area contributed by atoms with Crippen LogP contribution in [-0.4, -0.2) is 23.8 Å². The summed E-state index contributed by atoms with van der Waals surface area (Å²) in [5, 5.41) is -1.34. The summed E-state index contributed by atoms with van der Waals surface area (Å²) in [7, 11) is 1.51. The Morgan fingerprint density at radius 1 is 0.608 bits per heavy atom. The summed E-state index contributed by atoms with van der Waals surface area (Å²) in [5.74, 6) is -0.703. The van der Waals surface area contributed by atoms with Crippen LogP contribution in [0.2, 0.25) is 0 Å². The third kappa shape index (κ3) is 5.82. The van der Waals surface area contributed by atoms with Crippen LogP contribution in [0.15, 0.2) is 133 Å². The van der Waals surface area contributed by atoms with Gasteiger partial charge < -0.3 is 9.47 Å². The van der Waals surface area contributed by atoms with E-state index in [4.69, 9.17) is 0 Å². The maximum Gasteiger partial charge on any atom is 0.417 e. The monoisotopic (exact) mass is 692 g/mol. The number of rotatable bonds is 6. The van der Waals surface area contributed by atoms with E-state index in [1.807, 2.05) is 72.8 Å². The molecular weight excluding hydrogens is 666 g/mol. The Kier molecular flexibility index (Phi) is 8.25. The van der Waals surface area contributed by atoms with E-state index in [-0.39, 0.29) is 27.8 Å². The zero-order chi connectivity index (χ0) is 36.1. The van der Waals surface area contributed by atoms with Crippen LogP contribution in [0.5, 0.6) is 0 Å². The maximum absolute atomic E-state index is 14.7. The summed E-state index contributed by atoms with van der Waals surface area (Å²) in [6.45, 7) is 0. The number of carbonyl (C=O) groups excluding carboxylic acids is 2. The van der Waals surface area contributed by atoms with Gasteiger partial charge in [-0.15, -0.1) is 0 Å².